The minimum absolute atomic E-state index is 0.815. The van der Waals surface area contributed by atoms with E-state index in [1.165, 1.54) is 20.9 Å². The Morgan fingerprint density at radius 3 is 2.79 bits per heavy atom. The highest BCUT2D eigenvalue weighted by Gasteiger charge is 2.23. The number of aliphatic imine (C=N–C) groups is 1. The first kappa shape index (κ1) is 15.4. The predicted octanol–water partition coefficient (Wildman–Crippen LogP) is 5.20. The van der Waals surface area contributed by atoms with Crippen LogP contribution in [0, 0.1) is 0 Å². The summed E-state index contributed by atoms with van der Waals surface area (Å²) >= 11 is 3.41. The molecule has 0 fully saturated rings. The first-order valence-electron chi connectivity index (χ1n) is 7.62. The molecular weight excluding hydrogens is 336 g/mol. The molecule has 1 aliphatic carbocycles. The Hall–Kier alpha value is -2.11. The molecule has 0 bridgehead atoms. The maximum absolute atomic E-state index is 5.30. The zero-order valence-corrected chi connectivity index (χ0v) is 15.1. The third kappa shape index (κ3) is 2.85. The van der Waals surface area contributed by atoms with Crippen LogP contribution in [-0.2, 0) is 6.42 Å². The Kier molecular flexibility index (Phi) is 4.12. The molecule has 0 atom stereocenters. The average Bonchev–Trinajstić information content (AvgIpc) is 3.17. The molecule has 3 aromatic rings. The number of hydrogen-bond acceptors (Lipinski definition) is 5. The second-order valence-corrected chi connectivity index (χ2v) is 7.44. The Morgan fingerprint density at radius 1 is 1.21 bits per heavy atom. The van der Waals surface area contributed by atoms with Gasteiger partial charge in [0.25, 0.3) is 0 Å². The maximum Gasteiger partial charge on any atom is 0.209 e. The van der Waals surface area contributed by atoms with Gasteiger partial charge in [-0.1, -0.05) is 23.5 Å². The van der Waals surface area contributed by atoms with Gasteiger partial charge in [-0.15, -0.1) is 11.8 Å². The molecule has 0 radical (unpaired) electrons. The number of hydrogen-bond donors (Lipinski definition) is 0. The SMILES string of the molecule is COc1ccc2c(c1)Cc1sc(N=Cc3ccc(SC)cc3)nc1-2. The number of rotatable bonds is 4. The van der Waals surface area contributed by atoms with Crippen LogP contribution in [0.15, 0.2) is 52.4 Å². The lowest BCUT2D eigenvalue weighted by Crippen LogP contribution is -1.86. The fourth-order valence-corrected chi connectivity index (χ4v) is 4.14. The lowest BCUT2D eigenvalue weighted by molar-refractivity contribution is 0.414. The summed E-state index contributed by atoms with van der Waals surface area (Å²) in [5, 5.41) is 0.815. The van der Waals surface area contributed by atoms with Crippen molar-refractivity contribution in [3.63, 3.8) is 0 Å². The van der Waals surface area contributed by atoms with E-state index in [2.05, 4.69) is 47.6 Å². The topological polar surface area (TPSA) is 34.5 Å². The monoisotopic (exact) mass is 352 g/mol. The van der Waals surface area contributed by atoms with Gasteiger partial charge >= 0.3 is 0 Å². The molecule has 0 unspecified atom stereocenters. The number of fused-ring (bicyclic) bond motifs is 3. The molecule has 2 aromatic carbocycles. The van der Waals surface area contributed by atoms with E-state index in [0.717, 1.165) is 28.6 Å². The van der Waals surface area contributed by atoms with Crippen molar-refractivity contribution in [3.05, 3.63) is 58.5 Å². The van der Waals surface area contributed by atoms with Gasteiger partial charge in [0, 0.05) is 28.0 Å². The van der Waals surface area contributed by atoms with Crippen LogP contribution < -0.4 is 4.74 Å². The van der Waals surface area contributed by atoms with Crippen molar-refractivity contribution in [2.75, 3.05) is 13.4 Å². The van der Waals surface area contributed by atoms with Crippen LogP contribution in [0.5, 0.6) is 5.75 Å². The quantitative estimate of drug-likeness (QED) is 0.374. The van der Waals surface area contributed by atoms with Crippen molar-refractivity contribution < 1.29 is 4.74 Å². The van der Waals surface area contributed by atoms with Gasteiger partial charge in [0.15, 0.2) is 0 Å². The van der Waals surface area contributed by atoms with E-state index in [-0.39, 0.29) is 0 Å². The molecule has 24 heavy (non-hydrogen) atoms. The smallest absolute Gasteiger partial charge is 0.209 e. The molecule has 0 amide bonds. The summed E-state index contributed by atoms with van der Waals surface area (Å²) in [6, 6.07) is 14.6. The van der Waals surface area contributed by atoms with Crippen LogP contribution >= 0.6 is 23.1 Å². The highest BCUT2D eigenvalue weighted by atomic mass is 32.2. The Bertz CT molecular complexity index is 914. The first-order valence-corrected chi connectivity index (χ1v) is 9.66. The van der Waals surface area contributed by atoms with Crippen LogP contribution in [0.1, 0.15) is 16.0 Å². The van der Waals surface area contributed by atoms with Gasteiger partial charge in [0.05, 0.1) is 12.8 Å². The highest BCUT2D eigenvalue weighted by Crippen LogP contribution is 2.42. The van der Waals surface area contributed by atoms with Crippen LogP contribution in [-0.4, -0.2) is 24.6 Å². The van der Waals surface area contributed by atoms with Crippen molar-refractivity contribution in [1.82, 2.24) is 4.98 Å². The molecule has 0 spiro atoms. The first-order chi connectivity index (χ1) is 11.8. The standard InChI is InChI=1S/C19H16N2OS2/c1-22-14-5-8-16-13(9-14)10-17-18(16)21-19(24-17)20-11-12-3-6-15(23-2)7-4-12/h3-9,11H,10H2,1-2H3. The lowest BCUT2D eigenvalue weighted by Gasteiger charge is -2.03. The second-order valence-electron chi connectivity index (χ2n) is 5.50. The molecule has 4 rings (SSSR count). The van der Waals surface area contributed by atoms with Crippen LogP contribution in [0.3, 0.4) is 0 Å². The van der Waals surface area contributed by atoms with Crippen LogP contribution in [0.4, 0.5) is 5.13 Å². The molecule has 0 saturated heterocycles. The van der Waals surface area contributed by atoms with Gasteiger partial charge in [-0.25, -0.2) is 9.98 Å². The fourth-order valence-electron chi connectivity index (χ4n) is 2.79. The van der Waals surface area contributed by atoms with Gasteiger partial charge in [0.1, 0.15) is 5.75 Å². The second kappa shape index (κ2) is 6.42. The summed E-state index contributed by atoms with van der Waals surface area (Å²) in [6.45, 7) is 0. The fraction of sp³-hybridized carbons (Fsp3) is 0.158. The number of benzene rings is 2. The summed E-state index contributed by atoms with van der Waals surface area (Å²) < 4.78 is 5.30. The van der Waals surface area contributed by atoms with E-state index in [9.17, 15) is 0 Å². The minimum Gasteiger partial charge on any atom is -0.497 e. The van der Waals surface area contributed by atoms with Crippen LogP contribution in [0.25, 0.3) is 11.3 Å². The van der Waals surface area contributed by atoms with Gasteiger partial charge in [-0.3, -0.25) is 0 Å². The zero-order valence-electron chi connectivity index (χ0n) is 13.4. The number of ether oxygens (including phenoxy) is 1. The molecule has 0 saturated carbocycles. The normalized spacial score (nSPS) is 12.4. The molecular formula is C19H16N2OS2. The number of methoxy groups -OCH3 is 1. The zero-order chi connectivity index (χ0) is 16.5. The van der Waals surface area contributed by atoms with E-state index in [4.69, 9.17) is 9.72 Å². The maximum atomic E-state index is 5.30. The Balaban J connectivity index is 1.58. The summed E-state index contributed by atoms with van der Waals surface area (Å²) in [7, 11) is 1.70. The van der Waals surface area contributed by atoms with Gasteiger partial charge in [-0.2, -0.15) is 0 Å². The Labute approximate surface area is 149 Å². The molecule has 120 valence electrons. The van der Waals surface area contributed by atoms with Gasteiger partial charge in [0.2, 0.25) is 5.13 Å². The number of thioether (sulfide) groups is 1. The van der Waals surface area contributed by atoms with Crippen molar-refractivity contribution in [2.45, 2.75) is 11.3 Å². The summed E-state index contributed by atoms with van der Waals surface area (Å²) in [5.74, 6) is 0.899. The van der Waals surface area contributed by atoms with Gasteiger partial charge < -0.3 is 4.74 Å². The highest BCUT2D eigenvalue weighted by molar-refractivity contribution is 7.98. The average molecular weight is 352 g/mol. The van der Waals surface area contributed by atoms with E-state index >= 15 is 0 Å². The molecule has 5 heteroatoms. The third-order valence-electron chi connectivity index (χ3n) is 4.04. The van der Waals surface area contributed by atoms with Gasteiger partial charge in [-0.05, 0) is 47.7 Å². The van der Waals surface area contributed by atoms with E-state index in [0.29, 0.717) is 0 Å². The molecule has 0 N–H and O–H groups in total. The van der Waals surface area contributed by atoms with E-state index < -0.39 is 0 Å². The molecule has 0 aliphatic heterocycles. The minimum atomic E-state index is 0.815. The van der Waals surface area contributed by atoms with Crippen molar-refractivity contribution in [2.24, 2.45) is 4.99 Å². The van der Waals surface area contributed by atoms with Crippen molar-refractivity contribution in [1.29, 1.82) is 0 Å². The predicted molar refractivity (Wildman–Crippen MR) is 102 cm³/mol. The number of thiazole rings is 1. The molecule has 3 nitrogen and oxygen atoms in total. The van der Waals surface area contributed by atoms with Crippen molar-refractivity contribution in [3.8, 4) is 17.0 Å². The number of nitrogens with zero attached hydrogens (tertiary/aromatic N) is 2. The van der Waals surface area contributed by atoms with Crippen LogP contribution in [0.2, 0.25) is 0 Å². The summed E-state index contributed by atoms with van der Waals surface area (Å²) in [4.78, 5) is 11.8. The lowest BCUT2D eigenvalue weighted by atomic mass is 10.1. The number of aromatic nitrogens is 1. The summed E-state index contributed by atoms with van der Waals surface area (Å²) in [5.41, 5.74) is 4.65. The van der Waals surface area contributed by atoms with E-state index in [1.807, 2.05) is 12.3 Å². The molecule has 1 heterocycles. The van der Waals surface area contributed by atoms with E-state index in [1.54, 1.807) is 30.2 Å². The summed E-state index contributed by atoms with van der Waals surface area (Å²) in [6.07, 6.45) is 4.87. The largest absolute Gasteiger partial charge is 0.497 e. The van der Waals surface area contributed by atoms with Crippen molar-refractivity contribution >= 4 is 34.4 Å². The third-order valence-corrected chi connectivity index (χ3v) is 5.75. The Morgan fingerprint density at radius 2 is 2.04 bits per heavy atom. The molecule has 1 aromatic heterocycles. The molecule has 1 aliphatic rings.